The second-order valence-corrected chi connectivity index (χ2v) is 3.95. The molecule has 0 bridgehead atoms. The van der Waals surface area contributed by atoms with Gasteiger partial charge in [-0.25, -0.2) is 4.39 Å². The quantitative estimate of drug-likeness (QED) is 0.726. The summed E-state index contributed by atoms with van der Waals surface area (Å²) in [7, 11) is 1.92. The average molecular weight is 236 g/mol. The fourth-order valence-corrected chi connectivity index (χ4v) is 1.64. The van der Waals surface area contributed by atoms with Crippen molar-refractivity contribution < 1.29 is 4.39 Å². The van der Waals surface area contributed by atoms with Gasteiger partial charge in [-0.05, 0) is 30.8 Å². The highest BCUT2D eigenvalue weighted by atomic mass is 35.5. The molecular formula is C10H12Cl2FN. The van der Waals surface area contributed by atoms with Crippen LogP contribution in [0.15, 0.2) is 18.2 Å². The van der Waals surface area contributed by atoms with Crippen LogP contribution in [0, 0.1) is 5.82 Å². The van der Waals surface area contributed by atoms with E-state index in [9.17, 15) is 4.39 Å². The Morgan fingerprint density at radius 3 is 2.79 bits per heavy atom. The SMILES string of the molecule is CN(CCCl)Cc1cc(F)ccc1Cl. The lowest BCUT2D eigenvalue weighted by Crippen LogP contribution is -2.20. The molecule has 0 amide bonds. The van der Waals surface area contributed by atoms with Gasteiger partial charge in [0.2, 0.25) is 0 Å². The molecule has 0 N–H and O–H groups in total. The number of hydrogen-bond donors (Lipinski definition) is 0. The van der Waals surface area contributed by atoms with Crippen molar-refractivity contribution in [2.75, 3.05) is 19.5 Å². The molecule has 0 fully saturated rings. The average Bonchev–Trinajstić information content (AvgIpc) is 2.12. The molecule has 0 saturated heterocycles. The van der Waals surface area contributed by atoms with Gasteiger partial charge in [0.05, 0.1) is 0 Å². The molecule has 0 radical (unpaired) electrons. The van der Waals surface area contributed by atoms with Crippen LogP contribution in [0.25, 0.3) is 0 Å². The molecule has 0 aliphatic rings. The van der Waals surface area contributed by atoms with Crippen molar-refractivity contribution >= 4 is 23.2 Å². The largest absolute Gasteiger partial charge is 0.301 e. The highest BCUT2D eigenvalue weighted by Gasteiger charge is 2.05. The van der Waals surface area contributed by atoms with Crippen molar-refractivity contribution in [1.82, 2.24) is 4.90 Å². The van der Waals surface area contributed by atoms with E-state index in [0.717, 1.165) is 12.1 Å². The summed E-state index contributed by atoms with van der Waals surface area (Å²) in [6.45, 7) is 1.37. The first-order valence-electron chi connectivity index (χ1n) is 4.32. The predicted molar refractivity (Wildman–Crippen MR) is 58.5 cm³/mol. The van der Waals surface area contributed by atoms with E-state index in [1.54, 1.807) is 6.07 Å². The number of alkyl halides is 1. The lowest BCUT2D eigenvalue weighted by atomic mass is 10.2. The van der Waals surface area contributed by atoms with Crippen molar-refractivity contribution in [2.24, 2.45) is 0 Å². The van der Waals surface area contributed by atoms with E-state index in [1.165, 1.54) is 12.1 Å². The summed E-state index contributed by atoms with van der Waals surface area (Å²) >= 11 is 11.5. The third kappa shape index (κ3) is 3.45. The molecule has 0 aliphatic carbocycles. The van der Waals surface area contributed by atoms with Gasteiger partial charge in [-0.1, -0.05) is 11.6 Å². The summed E-state index contributed by atoms with van der Waals surface area (Å²) in [6, 6.07) is 4.38. The van der Waals surface area contributed by atoms with E-state index >= 15 is 0 Å². The summed E-state index contributed by atoms with van der Waals surface area (Å²) < 4.78 is 12.9. The van der Waals surface area contributed by atoms with E-state index < -0.39 is 0 Å². The van der Waals surface area contributed by atoms with Gasteiger partial charge in [0.25, 0.3) is 0 Å². The van der Waals surface area contributed by atoms with Gasteiger partial charge in [0.1, 0.15) is 5.82 Å². The highest BCUT2D eigenvalue weighted by Crippen LogP contribution is 2.18. The molecule has 4 heteroatoms. The summed E-state index contributed by atoms with van der Waals surface area (Å²) in [5, 5.41) is 0.591. The van der Waals surface area contributed by atoms with E-state index in [0.29, 0.717) is 17.4 Å². The molecule has 0 atom stereocenters. The molecule has 0 heterocycles. The van der Waals surface area contributed by atoms with Crippen molar-refractivity contribution in [1.29, 1.82) is 0 Å². The Kier molecular flexibility index (Phi) is 4.66. The van der Waals surface area contributed by atoms with Gasteiger partial charge in [-0.2, -0.15) is 0 Å². The lowest BCUT2D eigenvalue weighted by molar-refractivity contribution is 0.347. The van der Waals surface area contributed by atoms with E-state index in [2.05, 4.69) is 0 Å². The van der Waals surface area contributed by atoms with Crippen LogP contribution in [0.4, 0.5) is 4.39 Å². The van der Waals surface area contributed by atoms with Crippen LogP contribution in [0.5, 0.6) is 0 Å². The Balaban J connectivity index is 2.70. The van der Waals surface area contributed by atoms with Crippen LogP contribution in [-0.2, 0) is 6.54 Å². The molecule has 1 rings (SSSR count). The molecule has 0 unspecified atom stereocenters. The smallest absolute Gasteiger partial charge is 0.123 e. The lowest BCUT2D eigenvalue weighted by Gasteiger charge is -2.15. The van der Waals surface area contributed by atoms with Crippen molar-refractivity contribution in [3.63, 3.8) is 0 Å². The molecule has 1 aromatic rings. The second kappa shape index (κ2) is 5.54. The van der Waals surface area contributed by atoms with Gasteiger partial charge in [-0.3, -0.25) is 0 Å². The first-order chi connectivity index (χ1) is 6.63. The Labute approximate surface area is 93.4 Å². The maximum Gasteiger partial charge on any atom is 0.123 e. The topological polar surface area (TPSA) is 3.24 Å². The highest BCUT2D eigenvalue weighted by molar-refractivity contribution is 6.31. The van der Waals surface area contributed by atoms with Gasteiger partial charge >= 0.3 is 0 Å². The zero-order valence-corrected chi connectivity index (χ0v) is 9.45. The molecule has 0 aliphatic heterocycles. The Morgan fingerprint density at radius 2 is 2.14 bits per heavy atom. The number of halogens is 3. The molecule has 0 spiro atoms. The number of rotatable bonds is 4. The minimum absolute atomic E-state index is 0.260. The summed E-state index contributed by atoms with van der Waals surface area (Å²) in [4.78, 5) is 1.99. The monoisotopic (exact) mass is 235 g/mol. The summed E-state index contributed by atoms with van der Waals surface area (Å²) in [5.41, 5.74) is 0.791. The van der Waals surface area contributed by atoms with Crippen LogP contribution in [0.1, 0.15) is 5.56 Å². The third-order valence-electron chi connectivity index (χ3n) is 1.91. The molecule has 78 valence electrons. The van der Waals surface area contributed by atoms with Gasteiger partial charge < -0.3 is 4.90 Å². The number of hydrogen-bond acceptors (Lipinski definition) is 1. The van der Waals surface area contributed by atoms with Crippen LogP contribution in [-0.4, -0.2) is 24.4 Å². The second-order valence-electron chi connectivity index (χ2n) is 3.16. The minimum atomic E-state index is -0.260. The van der Waals surface area contributed by atoms with Crippen molar-refractivity contribution in [2.45, 2.75) is 6.54 Å². The third-order valence-corrected chi connectivity index (χ3v) is 2.45. The summed E-state index contributed by atoms with van der Waals surface area (Å²) in [5.74, 6) is 0.298. The van der Waals surface area contributed by atoms with Gasteiger partial charge in [0, 0.05) is 24.0 Å². The molecule has 14 heavy (non-hydrogen) atoms. The first-order valence-corrected chi connectivity index (χ1v) is 5.23. The predicted octanol–water partition coefficient (Wildman–Crippen LogP) is 3.15. The zero-order chi connectivity index (χ0) is 10.6. The van der Waals surface area contributed by atoms with Crippen LogP contribution in [0.2, 0.25) is 5.02 Å². The van der Waals surface area contributed by atoms with Crippen LogP contribution < -0.4 is 0 Å². The standard InChI is InChI=1S/C10H12Cl2FN/c1-14(5-4-11)7-8-6-9(13)2-3-10(8)12/h2-3,6H,4-5,7H2,1H3. The number of nitrogens with zero attached hydrogens (tertiary/aromatic N) is 1. The Morgan fingerprint density at radius 1 is 1.43 bits per heavy atom. The van der Waals surface area contributed by atoms with E-state index in [4.69, 9.17) is 23.2 Å². The van der Waals surface area contributed by atoms with E-state index in [1.807, 2.05) is 11.9 Å². The van der Waals surface area contributed by atoms with Gasteiger partial charge in [-0.15, -0.1) is 11.6 Å². The maximum absolute atomic E-state index is 12.9. The normalized spacial score (nSPS) is 10.9. The van der Waals surface area contributed by atoms with Crippen LogP contribution >= 0.6 is 23.2 Å². The van der Waals surface area contributed by atoms with E-state index in [-0.39, 0.29) is 5.82 Å². The van der Waals surface area contributed by atoms with Crippen molar-refractivity contribution in [3.8, 4) is 0 Å². The molecule has 1 aromatic carbocycles. The fourth-order valence-electron chi connectivity index (χ4n) is 1.18. The van der Waals surface area contributed by atoms with Crippen molar-refractivity contribution in [3.05, 3.63) is 34.6 Å². The van der Waals surface area contributed by atoms with Crippen LogP contribution in [0.3, 0.4) is 0 Å². The minimum Gasteiger partial charge on any atom is -0.301 e. The first kappa shape index (κ1) is 11.8. The maximum atomic E-state index is 12.9. The fraction of sp³-hybridized carbons (Fsp3) is 0.400. The zero-order valence-electron chi connectivity index (χ0n) is 7.93. The van der Waals surface area contributed by atoms with Gasteiger partial charge in [0.15, 0.2) is 0 Å². The molecular weight excluding hydrogens is 224 g/mol. The molecule has 0 aromatic heterocycles. The Bertz CT molecular complexity index is 304. The Hall–Kier alpha value is -0.310. The summed E-state index contributed by atoms with van der Waals surface area (Å²) in [6.07, 6.45) is 0. The molecule has 0 saturated carbocycles. The molecule has 1 nitrogen and oxygen atoms in total. The number of benzene rings is 1.